The third-order valence-corrected chi connectivity index (χ3v) is 1.44. The largest absolute Gasteiger partial charge is 0.495 e. The quantitative estimate of drug-likeness (QED) is 0.846. The summed E-state index contributed by atoms with van der Waals surface area (Å²) < 4.78 is 5.00. The van der Waals surface area contributed by atoms with E-state index in [9.17, 15) is 0 Å². The lowest BCUT2D eigenvalue weighted by molar-refractivity contribution is 0.412. The van der Waals surface area contributed by atoms with Crippen molar-refractivity contribution in [2.75, 3.05) is 13.7 Å². The zero-order chi connectivity index (χ0) is 8.10. The molecule has 0 bridgehead atoms. The van der Waals surface area contributed by atoms with Gasteiger partial charge in [0.1, 0.15) is 5.75 Å². The molecule has 0 aliphatic carbocycles. The Kier molecular flexibility index (Phi) is 9.34. The Morgan fingerprint density at radius 2 is 2.08 bits per heavy atom. The molecule has 0 aromatic carbocycles. The molecule has 0 saturated carbocycles. The minimum atomic E-state index is 0. The monoisotopic (exact) mass is 224 g/mol. The van der Waals surface area contributed by atoms with Crippen molar-refractivity contribution in [2.24, 2.45) is 5.73 Å². The summed E-state index contributed by atoms with van der Waals surface area (Å²) in [5, 5.41) is 0. The van der Waals surface area contributed by atoms with Gasteiger partial charge in [0.25, 0.3) is 0 Å². The molecule has 13 heavy (non-hydrogen) atoms. The molecule has 2 N–H and O–H groups in total. The minimum absolute atomic E-state index is 0. The molecule has 0 radical (unpaired) electrons. The van der Waals surface area contributed by atoms with E-state index in [1.165, 1.54) is 0 Å². The zero-order valence-corrected chi connectivity index (χ0v) is 9.03. The van der Waals surface area contributed by atoms with Crippen molar-refractivity contribution < 1.29 is 4.74 Å². The van der Waals surface area contributed by atoms with Gasteiger partial charge in [0.15, 0.2) is 0 Å². The van der Waals surface area contributed by atoms with E-state index >= 15 is 0 Å². The van der Waals surface area contributed by atoms with Gasteiger partial charge in [-0.05, 0) is 24.6 Å². The number of halogens is 2. The second kappa shape index (κ2) is 8.10. The first-order chi connectivity index (χ1) is 5.36. The average Bonchev–Trinajstić information content (AvgIpc) is 2.06. The van der Waals surface area contributed by atoms with Crippen LogP contribution in [0.4, 0.5) is 0 Å². The molecule has 0 unspecified atom stereocenters. The Bertz CT molecular complexity index is 233. The molecule has 1 heterocycles. The highest BCUT2D eigenvalue weighted by molar-refractivity contribution is 5.85. The summed E-state index contributed by atoms with van der Waals surface area (Å²) in [5.41, 5.74) is 6.50. The molecule has 0 fully saturated rings. The highest BCUT2D eigenvalue weighted by Crippen LogP contribution is 2.09. The van der Waals surface area contributed by atoms with Gasteiger partial charge in [-0.3, -0.25) is 4.98 Å². The molecule has 0 saturated heterocycles. The van der Waals surface area contributed by atoms with E-state index in [4.69, 9.17) is 10.5 Å². The Labute approximate surface area is 90.5 Å². The van der Waals surface area contributed by atoms with Crippen molar-refractivity contribution >= 4 is 24.8 Å². The number of nitrogens with zero attached hydrogens (tertiary/aromatic N) is 1. The number of aromatic nitrogens is 1. The normalized spacial score (nSPS) is 8.15. The molecule has 0 atom stereocenters. The zero-order valence-electron chi connectivity index (χ0n) is 7.40. The van der Waals surface area contributed by atoms with Crippen LogP contribution < -0.4 is 10.5 Å². The van der Waals surface area contributed by atoms with Crippen LogP contribution in [0.25, 0.3) is 0 Å². The summed E-state index contributed by atoms with van der Waals surface area (Å²) in [6.45, 7) is 0.648. The molecule has 0 amide bonds. The Morgan fingerprint density at radius 1 is 1.38 bits per heavy atom. The maximum Gasteiger partial charge on any atom is 0.137 e. The Morgan fingerprint density at radius 3 is 2.62 bits per heavy atom. The van der Waals surface area contributed by atoms with Crippen LogP contribution in [-0.2, 0) is 6.42 Å². The van der Waals surface area contributed by atoms with Crippen LogP contribution in [-0.4, -0.2) is 18.6 Å². The number of hydrogen-bond donors (Lipinski definition) is 1. The molecule has 0 spiro atoms. The maximum absolute atomic E-state index is 5.38. The molecule has 3 nitrogen and oxygen atoms in total. The number of ether oxygens (including phenoxy) is 1. The summed E-state index contributed by atoms with van der Waals surface area (Å²) in [6.07, 6.45) is 4.33. The molecule has 1 rings (SSSR count). The predicted molar refractivity (Wildman–Crippen MR) is 58.0 cm³/mol. The van der Waals surface area contributed by atoms with Crippen LogP contribution in [0.1, 0.15) is 5.56 Å². The average molecular weight is 225 g/mol. The van der Waals surface area contributed by atoms with Crippen LogP contribution in [0.5, 0.6) is 5.75 Å². The SMILES string of the molecule is COc1cncc(CCN)c1.Cl.Cl. The number of hydrogen-bond acceptors (Lipinski definition) is 3. The van der Waals surface area contributed by atoms with Crippen molar-refractivity contribution in [3.63, 3.8) is 0 Å². The third-order valence-electron chi connectivity index (χ3n) is 1.44. The number of pyridine rings is 1. The van der Waals surface area contributed by atoms with E-state index in [-0.39, 0.29) is 24.8 Å². The summed E-state index contributed by atoms with van der Waals surface area (Å²) in [5.74, 6) is 0.788. The second-order valence-corrected chi connectivity index (χ2v) is 2.27. The lowest BCUT2D eigenvalue weighted by Crippen LogP contribution is -2.02. The fourth-order valence-corrected chi connectivity index (χ4v) is 0.879. The third kappa shape index (κ3) is 4.93. The molecular formula is C8H14Cl2N2O. The Hall–Kier alpha value is -0.510. The highest BCUT2D eigenvalue weighted by atomic mass is 35.5. The number of rotatable bonds is 3. The van der Waals surface area contributed by atoms with E-state index in [2.05, 4.69) is 4.98 Å². The predicted octanol–water partition coefficient (Wildman–Crippen LogP) is 1.43. The first kappa shape index (κ1) is 15.0. The van der Waals surface area contributed by atoms with Gasteiger partial charge < -0.3 is 10.5 Å². The summed E-state index contributed by atoms with van der Waals surface area (Å²) in [4.78, 5) is 3.99. The van der Waals surface area contributed by atoms with Crippen molar-refractivity contribution in [3.05, 3.63) is 24.0 Å². The van der Waals surface area contributed by atoms with E-state index in [1.807, 2.05) is 6.07 Å². The fourth-order valence-electron chi connectivity index (χ4n) is 0.879. The highest BCUT2D eigenvalue weighted by Gasteiger charge is 1.93. The lowest BCUT2D eigenvalue weighted by Gasteiger charge is -2.00. The van der Waals surface area contributed by atoms with Gasteiger partial charge in [0.05, 0.1) is 13.3 Å². The fraction of sp³-hybridized carbons (Fsp3) is 0.375. The lowest BCUT2D eigenvalue weighted by atomic mass is 10.2. The van der Waals surface area contributed by atoms with Gasteiger partial charge in [-0.1, -0.05) is 0 Å². The van der Waals surface area contributed by atoms with E-state index in [1.54, 1.807) is 19.5 Å². The van der Waals surface area contributed by atoms with Crippen LogP contribution in [0, 0.1) is 0 Å². The van der Waals surface area contributed by atoms with Gasteiger partial charge in [-0.15, -0.1) is 24.8 Å². The van der Waals surface area contributed by atoms with Crippen molar-refractivity contribution in [2.45, 2.75) is 6.42 Å². The van der Waals surface area contributed by atoms with Crippen molar-refractivity contribution in [1.82, 2.24) is 4.98 Å². The van der Waals surface area contributed by atoms with Gasteiger partial charge in [-0.25, -0.2) is 0 Å². The van der Waals surface area contributed by atoms with E-state index in [0.29, 0.717) is 6.54 Å². The van der Waals surface area contributed by atoms with Crippen LogP contribution in [0.3, 0.4) is 0 Å². The molecule has 0 aliphatic heterocycles. The van der Waals surface area contributed by atoms with Crippen molar-refractivity contribution in [1.29, 1.82) is 0 Å². The van der Waals surface area contributed by atoms with Crippen LogP contribution in [0.2, 0.25) is 0 Å². The van der Waals surface area contributed by atoms with Crippen LogP contribution in [0.15, 0.2) is 18.5 Å². The number of methoxy groups -OCH3 is 1. The topological polar surface area (TPSA) is 48.1 Å². The first-order valence-corrected chi connectivity index (χ1v) is 3.55. The smallest absolute Gasteiger partial charge is 0.137 e. The molecule has 76 valence electrons. The van der Waals surface area contributed by atoms with Gasteiger partial charge >= 0.3 is 0 Å². The molecule has 1 aromatic heterocycles. The van der Waals surface area contributed by atoms with E-state index in [0.717, 1.165) is 17.7 Å². The Balaban J connectivity index is 0. The minimum Gasteiger partial charge on any atom is -0.495 e. The summed E-state index contributed by atoms with van der Waals surface area (Å²) in [7, 11) is 1.63. The summed E-state index contributed by atoms with van der Waals surface area (Å²) >= 11 is 0. The second-order valence-electron chi connectivity index (χ2n) is 2.27. The first-order valence-electron chi connectivity index (χ1n) is 3.55. The number of nitrogens with two attached hydrogens (primary N) is 1. The van der Waals surface area contributed by atoms with E-state index < -0.39 is 0 Å². The molecule has 5 heteroatoms. The van der Waals surface area contributed by atoms with Gasteiger partial charge in [0, 0.05) is 6.20 Å². The molecular weight excluding hydrogens is 211 g/mol. The van der Waals surface area contributed by atoms with Crippen LogP contribution >= 0.6 is 24.8 Å². The molecule has 1 aromatic rings. The van der Waals surface area contributed by atoms with Gasteiger partial charge in [-0.2, -0.15) is 0 Å². The van der Waals surface area contributed by atoms with Gasteiger partial charge in [0.2, 0.25) is 0 Å². The maximum atomic E-state index is 5.38. The molecule has 0 aliphatic rings. The standard InChI is InChI=1S/C8H12N2O.2ClH/c1-11-8-4-7(2-3-9)5-10-6-8;;/h4-6H,2-3,9H2,1H3;2*1H. The summed E-state index contributed by atoms with van der Waals surface area (Å²) in [6, 6.07) is 1.94. The van der Waals surface area contributed by atoms with Crippen molar-refractivity contribution in [3.8, 4) is 5.75 Å².